The number of carbonyl (C=O) groups excluding carboxylic acids is 1. The summed E-state index contributed by atoms with van der Waals surface area (Å²) in [4.78, 5) is 25.3. The summed E-state index contributed by atoms with van der Waals surface area (Å²) in [7, 11) is 0. The molecular weight excluding hydrogens is 378 g/mol. The van der Waals surface area contributed by atoms with E-state index in [1.165, 1.54) is 12.8 Å². The van der Waals surface area contributed by atoms with Gasteiger partial charge in [0.2, 0.25) is 0 Å². The third-order valence-electron chi connectivity index (χ3n) is 5.85. The number of hydrogen-bond acceptors (Lipinski definition) is 4. The lowest BCUT2D eigenvalue weighted by Crippen LogP contribution is -2.38. The zero-order chi connectivity index (χ0) is 19.1. The average molecular weight is 410 g/mol. The molecule has 0 saturated carbocycles. The molecule has 3 rings (SSSR count). The second-order valence-electron chi connectivity index (χ2n) is 7.82. The molecule has 0 unspecified atom stereocenters. The minimum absolute atomic E-state index is 0. The molecule has 3 N–H and O–H groups in total. The van der Waals surface area contributed by atoms with E-state index in [2.05, 4.69) is 10.6 Å². The van der Waals surface area contributed by atoms with Crippen molar-refractivity contribution in [3.8, 4) is 0 Å². The summed E-state index contributed by atoms with van der Waals surface area (Å²) < 4.78 is 0. The van der Waals surface area contributed by atoms with Crippen molar-refractivity contribution in [2.75, 3.05) is 38.0 Å². The monoisotopic (exact) mass is 409 g/mol. The van der Waals surface area contributed by atoms with Crippen molar-refractivity contribution in [3.05, 3.63) is 29.8 Å². The molecule has 2 aliphatic heterocycles. The van der Waals surface area contributed by atoms with E-state index in [-0.39, 0.29) is 24.7 Å². The summed E-state index contributed by atoms with van der Waals surface area (Å²) in [5.74, 6) is 0.487. The second-order valence-corrected chi connectivity index (χ2v) is 7.82. The summed E-state index contributed by atoms with van der Waals surface area (Å²) >= 11 is 0. The average Bonchev–Trinajstić information content (AvgIpc) is 2.72. The van der Waals surface area contributed by atoms with E-state index in [0.717, 1.165) is 69.2 Å². The van der Waals surface area contributed by atoms with Crippen molar-refractivity contribution in [3.63, 3.8) is 0 Å². The van der Waals surface area contributed by atoms with Gasteiger partial charge in [0.05, 0.1) is 0 Å². The molecule has 28 heavy (non-hydrogen) atoms. The van der Waals surface area contributed by atoms with Crippen LogP contribution in [-0.4, -0.2) is 54.6 Å². The van der Waals surface area contributed by atoms with Crippen molar-refractivity contribution in [1.82, 2.24) is 10.2 Å². The zero-order valence-electron chi connectivity index (χ0n) is 16.4. The number of likely N-dealkylation sites (tertiary alicyclic amines) is 1. The molecule has 1 aromatic carbocycles. The molecule has 0 aliphatic carbocycles. The number of benzene rings is 1. The van der Waals surface area contributed by atoms with E-state index < -0.39 is 5.97 Å². The number of aliphatic carboxylic acids is 1. The van der Waals surface area contributed by atoms with Crippen LogP contribution in [0.4, 0.5) is 5.69 Å². The molecule has 0 spiro atoms. The molecule has 2 heterocycles. The Balaban J connectivity index is 0.00000280. The third-order valence-corrected chi connectivity index (χ3v) is 5.85. The van der Waals surface area contributed by atoms with E-state index in [4.69, 9.17) is 5.11 Å². The van der Waals surface area contributed by atoms with Crippen LogP contribution in [0.15, 0.2) is 24.3 Å². The third kappa shape index (κ3) is 6.67. The van der Waals surface area contributed by atoms with Crippen LogP contribution in [-0.2, 0) is 4.79 Å². The number of carboxylic acid groups (broad SMARTS) is 1. The van der Waals surface area contributed by atoms with Crippen LogP contribution < -0.4 is 10.6 Å². The maximum Gasteiger partial charge on any atom is 0.303 e. The molecule has 2 fully saturated rings. The predicted molar refractivity (Wildman–Crippen MR) is 113 cm³/mol. The Hall–Kier alpha value is -1.79. The van der Waals surface area contributed by atoms with Crippen LogP contribution in [0.2, 0.25) is 0 Å². The SMILES string of the molecule is Cl.O=C(O)CCC1CCN(C(=O)c2ccc(NCC3CCNCC3)cc2)CC1. The first-order valence-electron chi connectivity index (χ1n) is 10.2. The lowest BCUT2D eigenvalue weighted by atomic mass is 9.92. The highest BCUT2D eigenvalue weighted by Crippen LogP contribution is 2.23. The summed E-state index contributed by atoms with van der Waals surface area (Å²) in [6.07, 6.45) is 5.17. The molecule has 0 aromatic heterocycles. The highest BCUT2D eigenvalue weighted by Gasteiger charge is 2.24. The van der Waals surface area contributed by atoms with E-state index >= 15 is 0 Å². The smallest absolute Gasteiger partial charge is 0.303 e. The van der Waals surface area contributed by atoms with Gasteiger partial charge in [0.25, 0.3) is 5.91 Å². The van der Waals surface area contributed by atoms with Gasteiger partial charge >= 0.3 is 5.97 Å². The number of amides is 1. The first-order chi connectivity index (χ1) is 13.1. The van der Waals surface area contributed by atoms with E-state index in [9.17, 15) is 9.59 Å². The standard InChI is InChI=1S/C21H31N3O3.ClH/c25-20(26)6-1-16-9-13-24(14-10-16)21(27)18-2-4-19(5-3-18)23-15-17-7-11-22-12-8-17;/h2-5,16-17,22-23H,1,6-15H2,(H,25,26);1H. The Morgan fingerprint density at radius 1 is 1.04 bits per heavy atom. The lowest BCUT2D eigenvalue weighted by molar-refractivity contribution is -0.137. The van der Waals surface area contributed by atoms with E-state index in [1.807, 2.05) is 29.2 Å². The van der Waals surface area contributed by atoms with Gasteiger partial charge in [-0.15, -0.1) is 12.4 Å². The van der Waals surface area contributed by atoms with Gasteiger partial charge in [-0.1, -0.05) is 0 Å². The number of carboxylic acids is 1. The topological polar surface area (TPSA) is 81.7 Å². The Labute approximate surface area is 173 Å². The molecule has 1 aromatic rings. The van der Waals surface area contributed by atoms with Gasteiger partial charge in [-0.3, -0.25) is 9.59 Å². The van der Waals surface area contributed by atoms with Crippen molar-refractivity contribution in [2.45, 2.75) is 38.5 Å². The molecule has 7 heteroatoms. The van der Waals surface area contributed by atoms with E-state index in [1.54, 1.807) is 0 Å². The summed E-state index contributed by atoms with van der Waals surface area (Å²) in [6.45, 7) is 4.63. The largest absolute Gasteiger partial charge is 0.481 e. The van der Waals surface area contributed by atoms with Crippen LogP contribution in [0.1, 0.15) is 48.9 Å². The molecule has 0 radical (unpaired) electrons. The molecular formula is C21H32ClN3O3. The second kappa shape index (κ2) is 11.3. The first kappa shape index (κ1) is 22.5. The number of piperidine rings is 2. The fourth-order valence-corrected chi connectivity index (χ4v) is 4.01. The number of nitrogens with zero attached hydrogens (tertiary/aromatic N) is 1. The van der Waals surface area contributed by atoms with Gasteiger partial charge in [0, 0.05) is 37.3 Å². The Morgan fingerprint density at radius 2 is 1.68 bits per heavy atom. The number of halogens is 1. The van der Waals surface area contributed by atoms with Gasteiger partial charge < -0.3 is 20.6 Å². The van der Waals surface area contributed by atoms with Gasteiger partial charge in [0.1, 0.15) is 0 Å². The van der Waals surface area contributed by atoms with Crippen LogP contribution in [0.25, 0.3) is 0 Å². The highest BCUT2D eigenvalue weighted by molar-refractivity contribution is 5.94. The number of anilines is 1. The van der Waals surface area contributed by atoms with Crippen molar-refractivity contribution >= 4 is 30.0 Å². The van der Waals surface area contributed by atoms with Gasteiger partial charge in [-0.05, 0) is 81.3 Å². The van der Waals surface area contributed by atoms with Crippen LogP contribution in [0.5, 0.6) is 0 Å². The van der Waals surface area contributed by atoms with Crippen LogP contribution >= 0.6 is 12.4 Å². The summed E-state index contributed by atoms with van der Waals surface area (Å²) in [5.41, 5.74) is 1.80. The van der Waals surface area contributed by atoms with Crippen molar-refractivity contribution < 1.29 is 14.7 Å². The van der Waals surface area contributed by atoms with E-state index in [0.29, 0.717) is 5.92 Å². The first-order valence-corrected chi connectivity index (χ1v) is 10.2. The lowest BCUT2D eigenvalue weighted by Gasteiger charge is -2.32. The highest BCUT2D eigenvalue weighted by atomic mass is 35.5. The molecule has 6 nitrogen and oxygen atoms in total. The molecule has 156 valence electrons. The summed E-state index contributed by atoms with van der Waals surface area (Å²) in [6, 6.07) is 7.80. The molecule has 2 saturated heterocycles. The Morgan fingerprint density at radius 3 is 2.29 bits per heavy atom. The van der Waals surface area contributed by atoms with Crippen molar-refractivity contribution in [2.24, 2.45) is 11.8 Å². The van der Waals surface area contributed by atoms with Crippen LogP contribution in [0, 0.1) is 11.8 Å². The minimum Gasteiger partial charge on any atom is -0.481 e. The van der Waals surface area contributed by atoms with Crippen molar-refractivity contribution in [1.29, 1.82) is 0 Å². The van der Waals surface area contributed by atoms with Gasteiger partial charge in [-0.2, -0.15) is 0 Å². The molecule has 1 amide bonds. The number of hydrogen-bond donors (Lipinski definition) is 3. The number of rotatable bonds is 7. The maximum absolute atomic E-state index is 12.7. The Bertz CT molecular complexity index is 624. The van der Waals surface area contributed by atoms with Crippen LogP contribution in [0.3, 0.4) is 0 Å². The summed E-state index contributed by atoms with van der Waals surface area (Å²) in [5, 5.41) is 15.7. The zero-order valence-corrected chi connectivity index (χ0v) is 17.2. The minimum atomic E-state index is -0.734. The molecule has 0 atom stereocenters. The number of nitrogens with one attached hydrogen (secondary N) is 2. The maximum atomic E-state index is 12.7. The quantitative estimate of drug-likeness (QED) is 0.644. The predicted octanol–water partition coefficient (Wildman–Crippen LogP) is 3.24. The fourth-order valence-electron chi connectivity index (χ4n) is 4.01. The Kier molecular flexibility index (Phi) is 9.06. The van der Waals surface area contributed by atoms with Gasteiger partial charge in [0.15, 0.2) is 0 Å². The fraction of sp³-hybridized carbons (Fsp3) is 0.619. The molecule has 0 bridgehead atoms. The van der Waals surface area contributed by atoms with Gasteiger partial charge in [-0.25, -0.2) is 0 Å². The number of carbonyl (C=O) groups is 2. The normalized spacial score (nSPS) is 18.4. The molecule has 2 aliphatic rings.